The molecule has 4 aromatic carbocycles. The van der Waals surface area contributed by atoms with Crippen LogP contribution in [0.15, 0.2) is 119 Å². The third-order valence-electron chi connectivity index (χ3n) is 7.89. The van der Waals surface area contributed by atoms with Gasteiger partial charge in [0.25, 0.3) is 11.8 Å². The summed E-state index contributed by atoms with van der Waals surface area (Å²) in [7, 11) is 3.04. The van der Waals surface area contributed by atoms with Crippen LogP contribution in [0.5, 0.6) is 11.5 Å². The molecule has 53 heavy (non-hydrogen) atoms. The lowest BCUT2D eigenvalue weighted by atomic mass is 10.0. The van der Waals surface area contributed by atoms with Crippen LogP contribution in [0.2, 0.25) is 0 Å². The molecule has 3 amide bonds. The van der Waals surface area contributed by atoms with Crippen LogP contribution in [0, 0.1) is 0 Å². The van der Waals surface area contributed by atoms with E-state index in [4.69, 9.17) is 14.2 Å². The first-order valence-electron chi connectivity index (χ1n) is 16.8. The van der Waals surface area contributed by atoms with Gasteiger partial charge in [-0.25, -0.2) is 4.79 Å². The number of amides is 3. The number of carbonyl (C=O) groups excluding carboxylic acids is 4. The number of benzene rings is 4. The number of methoxy groups -OCH3 is 2. The van der Waals surface area contributed by atoms with Crippen LogP contribution in [0.4, 0.5) is 10.7 Å². The lowest BCUT2D eigenvalue weighted by Crippen LogP contribution is -2.30. The average Bonchev–Trinajstić information content (AvgIpc) is 3.60. The predicted molar refractivity (Wildman–Crippen MR) is 211 cm³/mol. The molecule has 0 spiro atoms. The highest BCUT2D eigenvalue weighted by Crippen LogP contribution is 2.37. The minimum Gasteiger partial charge on any atom is -0.497 e. The Morgan fingerprint density at radius 3 is 2.25 bits per heavy atom. The number of hydrogen-bond acceptors (Lipinski definition) is 9. The number of thioether (sulfide) groups is 1. The molecule has 1 aromatic heterocycles. The Bertz CT molecular complexity index is 2100. The normalized spacial score (nSPS) is 11.6. The van der Waals surface area contributed by atoms with Crippen molar-refractivity contribution in [1.29, 1.82) is 0 Å². The van der Waals surface area contributed by atoms with Gasteiger partial charge in [-0.2, -0.15) is 0 Å². The maximum atomic E-state index is 13.8. The van der Waals surface area contributed by atoms with Crippen LogP contribution < -0.4 is 25.4 Å². The average molecular weight is 750 g/mol. The van der Waals surface area contributed by atoms with Gasteiger partial charge in [0.1, 0.15) is 27.8 Å². The second kappa shape index (κ2) is 18.6. The molecule has 1 unspecified atom stereocenters. The molecule has 0 saturated carbocycles. The smallest absolute Gasteiger partial charge is 0.341 e. The molecule has 0 radical (unpaired) electrons. The molecule has 5 rings (SSSR count). The number of anilines is 2. The Balaban J connectivity index is 1.36. The molecule has 0 aliphatic carbocycles. The van der Waals surface area contributed by atoms with Crippen LogP contribution in [0.1, 0.15) is 46.5 Å². The van der Waals surface area contributed by atoms with Gasteiger partial charge in [0.05, 0.1) is 26.1 Å². The third-order valence-corrected chi connectivity index (χ3v) is 10.1. The van der Waals surface area contributed by atoms with E-state index in [1.54, 1.807) is 73.7 Å². The molecule has 0 aliphatic heterocycles. The minimum atomic E-state index is -0.579. The summed E-state index contributed by atoms with van der Waals surface area (Å²) in [5.74, 6) is -0.823. The molecule has 0 fully saturated rings. The number of nitrogens with one attached hydrogen (secondary N) is 3. The van der Waals surface area contributed by atoms with Gasteiger partial charge in [-0.3, -0.25) is 14.4 Å². The topological polar surface area (TPSA) is 132 Å². The molecular weight excluding hydrogens is 711 g/mol. The molecule has 3 N–H and O–H groups in total. The van der Waals surface area contributed by atoms with Gasteiger partial charge in [0, 0.05) is 32.7 Å². The maximum absolute atomic E-state index is 13.8. The fourth-order valence-electron chi connectivity index (χ4n) is 5.26. The minimum absolute atomic E-state index is 0.0301. The Hall–Kier alpha value is -5.85. The van der Waals surface area contributed by atoms with Crippen molar-refractivity contribution in [2.24, 2.45) is 0 Å². The lowest BCUT2D eigenvalue weighted by molar-refractivity contribution is -0.116. The first-order valence-corrected chi connectivity index (χ1v) is 18.5. The van der Waals surface area contributed by atoms with Crippen LogP contribution in [-0.2, 0) is 14.3 Å². The molecule has 12 heteroatoms. The van der Waals surface area contributed by atoms with Crippen molar-refractivity contribution in [3.63, 3.8) is 0 Å². The van der Waals surface area contributed by atoms with E-state index >= 15 is 0 Å². The van der Waals surface area contributed by atoms with Crippen molar-refractivity contribution in [3.05, 3.63) is 131 Å². The highest BCUT2D eigenvalue weighted by molar-refractivity contribution is 8.00. The molecule has 0 bridgehead atoms. The monoisotopic (exact) mass is 749 g/mol. The van der Waals surface area contributed by atoms with E-state index in [1.807, 2.05) is 48.7 Å². The van der Waals surface area contributed by atoms with Crippen LogP contribution in [-0.4, -0.2) is 49.8 Å². The van der Waals surface area contributed by atoms with Crippen molar-refractivity contribution in [3.8, 4) is 22.6 Å². The van der Waals surface area contributed by atoms with Gasteiger partial charge in [-0.1, -0.05) is 61.5 Å². The quantitative estimate of drug-likeness (QED) is 0.0552. The zero-order valence-electron chi connectivity index (χ0n) is 29.6. The number of thiophene rings is 1. The molecule has 0 saturated heterocycles. The fraction of sp³-hybridized carbons (Fsp3) is 0.171. The van der Waals surface area contributed by atoms with E-state index in [9.17, 15) is 19.2 Å². The number of rotatable bonds is 15. The number of ether oxygens (including phenoxy) is 3. The molecule has 272 valence electrons. The lowest BCUT2D eigenvalue weighted by Gasteiger charge is -2.16. The summed E-state index contributed by atoms with van der Waals surface area (Å²) in [5, 5.41) is 10.3. The predicted octanol–water partition coefficient (Wildman–Crippen LogP) is 8.53. The summed E-state index contributed by atoms with van der Waals surface area (Å²) < 4.78 is 16.2. The zero-order valence-corrected chi connectivity index (χ0v) is 31.3. The van der Waals surface area contributed by atoms with E-state index in [1.165, 1.54) is 43.4 Å². The van der Waals surface area contributed by atoms with E-state index in [0.717, 1.165) is 10.5 Å². The number of carbonyl (C=O) groups is 4. The van der Waals surface area contributed by atoms with E-state index in [2.05, 4.69) is 16.0 Å². The van der Waals surface area contributed by atoms with Crippen LogP contribution in [0.25, 0.3) is 17.2 Å². The van der Waals surface area contributed by atoms with Crippen molar-refractivity contribution >= 4 is 63.6 Å². The first kappa shape index (κ1) is 38.4. The largest absolute Gasteiger partial charge is 0.497 e. The van der Waals surface area contributed by atoms with E-state index in [-0.39, 0.29) is 18.2 Å². The van der Waals surface area contributed by atoms with Crippen molar-refractivity contribution in [2.75, 3.05) is 31.5 Å². The van der Waals surface area contributed by atoms with Crippen molar-refractivity contribution in [2.45, 2.75) is 30.4 Å². The van der Waals surface area contributed by atoms with Gasteiger partial charge in [-0.15, -0.1) is 23.1 Å². The summed E-state index contributed by atoms with van der Waals surface area (Å²) >= 11 is 2.59. The summed E-state index contributed by atoms with van der Waals surface area (Å²) in [6.45, 7) is 3.83. The third kappa shape index (κ3) is 9.94. The second-order valence-electron chi connectivity index (χ2n) is 11.4. The van der Waals surface area contributed by atoms with Gasteiger partial charge in [0.2, 0.25) is 5.91 Å². The van der Waals surface area contributed by atoms with Gasteiger partial charge < -0.3 is 30.2 Å². The summed E-state index contributed by atoms with van der Waals surface area (Å²) in [4.78, 5) is 54.4. The van der Waals surface area contributed by atoms with E-state index < -0.39 is 23.0 Å². The molecule has 10 nitrogen and oxygen atoms in total. The molecule has 5 aromatic rings. The fourth-order valence-corrected chi connectivity index (χ4v) is 7.23. The van der Waals surface area contributed by atoms with E-state index in [0.29, 0.717) is 50.9 Å². The Morgan fingerprint density at radius 1 is 0.830 bits per heavy atom. The Labute approximate surface area is 316 Å². The molecular formula is C41H39N3O7S2. The Kier molecular flexibility index (Phi) is 13.5. The van der Waals surface area contributed by atoms with Crippen molar-refractivity contribution < 1.29 is 33.4 Å². The summed E-state index contributed by atoms with van der Waals surface area (Å²) in [6, 6.07) is 30.2. The summed E-state index contributed by atoms with van der Waals surface area (Å²) in [5.41, 5.74) is 3.15. The molecule has 1 atom stereocenters. The highest BCUT2D eigenvalue weighted by atomic mass is 32.2. The highest BCUT2D eigenvalue weighted by Gasteiger charge is 2.26. The summed E-state index contributed by atoms with van der Waals surface area (Å²) in [6.07, 6.45) is 2.01. The van der Waals surface area contributed by atoms with Gasteiger partial charge >= 0.3 is 5.97 Å². The first-order chi connectivity index (χ1) is 25.7. The SMILES string of the molecule is CCOC(=O)c1c(-c2ccccc2)csc1NC(=O)C(CC)Sc1cccc(NC(=O)/C(=C\c2cc(OC)ccc2OC)NC(=O)c2ccccc2)c1. The van der Waals surface area contributed by atoms with Crippen molar-refractivity contribution in [1.82, 2.24) is 5.32 Å². The van der Waals surface area contributed by atoms with Gasteiger partial charge in [0.15, 0.2) is 0 Å². The molecule has 0 aliphatic rings. The Morgan fingerprint density at radius 2 is 1.57 bits per heavy atom. The van der Waals surface area contributed by atoms with Gasteiger partial charge in [-0.05, 0) is 73.5 Å². The number of hydrogen-bond donors (Lipinski definition) is 3. The van der Waals surface area contributed by atoms with Crippen LogP contribution in [0.3, 0.4) is 0 Å². The van der Waals surface area contributed by atoms with Crippen LogP contribution >= 0.6 is 23.1 Å². The second-order valence-corrected chi connectivity index (χ2v) is 13.6. The maximum Gasteiger partial charge on any atom is 0.341 e. The molecule has 1 heterocycles. The standard InChI is InChI=1S/C41H39N3O7S2/c1-5-35(39(47)44-40-36(41(48)51-6-2)32(25-52-40)26-14-9-7-10-15-26)53-31-19-13-18-29(24-31)42-38(46)33(43-37(45)27-16-11-8-12-17-27)23-28-22-30(49-3)20-21-34(28)50-4/h7-25,35H,5-6H2,1-4H3,(H,42,46)(H,43,45)(H,44,47)/b33-23+. The number of esters is 1. The zero-order chi connectivity index (χ0) is 37.7.